The average Bonchev–Trinajstić information content (AvgIpc) is 2.34. The number of hydrogen-bond acceptors (Lipinski definition) is 2. The largest absolute Gasteiger partial charge is 0.376 e. The van der Waals surface area contributed by atoms with Gasteiger partial charge in [0.05, 0.1) is 19.3 Å². The molecule has 92 valence electrons. The summed E-state index contributed by atoms with van der Waals surface area (Å²) in [6, 6.07) is 12.4. The van der Waals surface area contributed by atoms with E-state index in [4.69, 9.17) is 10.00 Å². The summed E-state index contributed by atoms with van der Waals surface area (Å²) in [5.41, 5.74) is 1.20. The molecule has 0 aromatic heterocycles. The standard InChI is InChI=1S/C15H21NO/c1-13(2)15(9-6-10-16)12-17-11-14-7-4-3-5-8-14/h3-5,7-8,13,15H,6,9,11-12H2,1-2H3/t15-/m1/s1. The topological polar surface area (TPSA) is 33.0 Å². The predicted molar refractivity (Wildman–Crippen MR) is 69.3 cm³/mol. The first-order valence-electron chi connectivity index (χ1n) is 6.22. The zero-order valence-electron chi connectivity index (χ0n) is 10.7. The minimum atomic E-state index is 0.485. The Morgan fingerprint density at radius 2 is 1.94 bits per heavy atom. The van der Waals surface area contributed by atoms with Crippen molar-refractivity contribution in [2.24, 2.45) is 11.8 Å². The molecule has 0 aliphatic rings. The summed E-state index contributed by atoms with van der Waals surface area (Å²) in [6.07, 6.45) is 1.56. The Morgan fingerprint density at radius 3 is 2.53 bits per heavy atom. The van der Waals surface area contributed by atoms with Crippen molar-refractivity contribution in [1.82, 2.24) is 0 Å². The van der Waals surface area contributed by atoms with Crippen LogP contribution in [0.25, 0.3) is 0 Å². The van der Waals surface area contributed by atoms with Gasteiger partial charge in [0.1, 0.15) is 0 Å². The maximum Gasteiger partial charge on any atom is 0.0717 e. The second-order valence-electron chi connectivity index (χ2n) is 4.70. The van der Waals surface area contributed by atoms with Gasteiger partial charge in [0, 0.05) is 6.42 Å². The molecule has 1 rings (SSSR count). The van der Waals surface area contributed by atoms with E-state index in [0.29, 0.717) is 24.9 Å². The van der Waals surface area contributed by atoms with Crippen molar-refractivity contribution in [3.05, 3.63) is 35.9 Å². The van der Waals surface area contributed by atoms with Crippen LogP contribution in [0.2, 0.25) is 0 Å². The molecule has 0 radical (unpaired) electrons. The Hall–Kier alpha value is -1.33. The molecule has 0 fully saturated rings. The van der Waals surface area contributed by atoms with Crippen LogP contribution in [0.4, 0.5) is 0 Å². The molecule has 0 spiro atoms. The molecule has 0 bridgehead atoms. The number of nitriles is 1. The summed E-state index contributed by atoms with van der Waals surface area (Å²) in [4.78, 5) is 0. The molecule has 1 atom stereocenters. The molecule has 2 nitrogen and oxygen atoms in total. The number of nitrogens with zero attached hydrogens (tertiary/aromatic N) is 1. The molecule has 0 heterocycles. The summed E-state index contributed by atoms with van der Waals surface area (Å²) in [5.74, 6) is 1.05. The van der Waals surface area contributed by atoms with Crippen LogP contribution in [-0.2, 0) is 11.3 Å². The van der Waals surface area contributed by atoms with Crippen LogP contribution >= 0.6 is 0 Å². The SMILES string of the molecule is CC(C)[C@H](CCC#N)COCc1ccccc1. The highest BCUT2D eigenvalue weighted by atomic mass is 16.5. The van der Waals surface area contributed by atoms with E-state index in [1.165, 1.54) is 5.56 Å². The second kappa shape index (κ2) is 7.86. The molecule has 0 unspecified atom stereocenters. The van der Waals surface area contributed by atoms with Crippen molar-refractivity contribution in [2.75, 3.05) is 6.61 Å². The van der Waals surface area contributed by atoms with Gasteiger partial charge in [-0.3, -0.25) is 0 Å². The quantitative estimate of drug-likeness (QED) is 0.715. The maximum atomic E-state index is 8.61. The van der Waals surface area contributed by atoms with Crippen molar-refractivity contribution < 1.29 is 4.74 Å². The summed E-state index contributed by atoms with van der Waals surface area (Å²) < 4.78 is 5.73. The van der Waals surface area contributed by atoms with Crippen LogP contribution < -0.4 is 0 Å². The first-order chi connectivity index (χ1) is 8.24. The fourth-order valence-corrected chi connectivity index (χ4v) is 1.76. The Labute approximate surface area is 104 Å². The smallest absolute Gasteiger partial charge is 0.0717 e. The molecular weight excluding hydrogens is 210 g/mol. The zero-order valence-corrected chi connectivity index (χ0v) is 10.7. The zero-order chi connectivity index (χ0) is 12.5. The van der Waals surface area contributed by atoms with Gasteiger partial charge in [-0.2, -0.15) is 5.26 Å². The molecule has 17 heavy (non-hydrogen) atoms. The van der Waals surface area contributed by atoms with Crippen molar-refractivity contribution in [1.29, 1.82) is 5.26 Å². The molecule has 1 aromatic rings. The molecule has 0 aliphatic carbocycles. The summed E-state index contributed by atoms with van der Waals surface area (Å²) in [7, 11) is 0. The van der Waals surface area contributed by atoms with Crippen LogP contribution in [0.1, 0.15) is 32.3 Å². The van der Waals surface area contributed by atoms with Gasteiger partial charge in [0.15, 0.2) is 0 Å². The van der Waals surface area contributed by atoms with Crippen LogP contribution in [0.5, 0.6) is 0 Å². The number of rotatable bonds is 7. The van der Waals surface area contributed by atoms with E-state index in [-0.39, 0.29) is 0 Å². The van der Waals surface area contributed by atoms with Crippen molar-refractivity contribution in [3.8, 4) is 6.07 Å². The first-order valence-corrected chi connectivity index (χ1v) is 6.22. The molecule has 0 aliphatic heterocycles. The summed E-state index contributed by atoms with van der Waals surface area (Å²) in [5, 5.41) is 8.61. The number of ether oxygens (including phenoxy) is 1. The van der Waals surface area contributed by atoms with Gasteiger partial charge in [-0.1, -0.05) is 44.2 Å². The lowest BCUT2D eigenvalue weighted by molar-refractivity contribution is 0.0687. The molecular formula is C15H21NO. The highest BCUT2D eigenvalue weighted by Crippen LogP contribution is 2.18. The molecule has 0 saturated heterocycles. The fourth-order valence-electron chi connectivity index (χ4n) is 1.76. The molecule has 0 N–H and O–H groups in total. The Bertz CT molecular complexity index is 340. The van der Waals surface area contributed by atoms with Gasteiger partial charge in [-0.05, 0) is 23.8 Å². The second-order valence-corrected chi connectivity index (χ2v) is 4.70. The third kappa shape index (κ3) is 5.51. The highest BCUT2D eigenvalue weighted by molar-refractivity contribution is 5.13. The van der Waals surface area contributed by atoms with Crippen LogP contribution in [-0.4, -0.2) is 6.61 Å². The predicted octanol–water partition coefficient (Wildman–Crippen LogP) is 3.78. The minimum absolute atomic E-state index is 0.485. The molecule has 0 saturated carbocycles. The van der Waals surface area contributed by atoms with Gasteiger partial charge in [-0.25, -0.2) is 0 Å². The van der Waals surface area contributed by atoms with Crippen LogP contribution in [0, 0.1) is 23.2 Å². The van der Waals surface area contributed by atoms with Gasteiger partial charge >= 0.3 is 0 Å². The lowest BCUT2D eigenvalue weighted by Crippen LogP contribution is -2.15. The minimum Gasteiger partial charge on any atom is -0.376 e. The Balaban J connectivity index is 2.30. The van der Waals surface area contributed by atoms with E-state index < -0.39 is 0 Å². The van der Waals surface area contributed by atoms with E-state index in [0.717, 1.165) is 13.0 Å². The van der Waals surface area contributed by atoms with Crippen molar-refractivity contribution in [2.45, 2.75) is 33.3 Å². The van der Waals surface area contributed by atoms with Gasteiger partial charge < -0.3 is 4.74 Å². The molecule has 2 heteroatoms. The van der Waals surface area contributed by atoms with E-state index in [9.17, 15) is 0 Å². The normalized spacial score (nSPS) is 12.4. The summed E-state index contributed by atoms with van der Waals surface area (Å²) >= 11 is 0. The van der Waals surface area contributed by atoms with Gasteiger partial charge in [-0.15, -0.1) is 0 Å². The van der Waals surface area contributed by atoms with Crippen LogP contribution in [0.15, 0.2) is 30.3 Å². The van der Waals surface area contributed by atoms with Crippen molar-refractivity contribution >= 4 is 0 Å². The third-order valence-electron chi connectivity index (χ3n) is 3.01. The summed E-state index contributed by atoms with van der Waals surface area (Å²) in [6.45, 7) is 5.78. The molecule has 0 amide bonds. The first kappa shape index (κ1) is 13.7. The average molecular weight is 231 g/mol. The molecule has 1 aromatic carbocycles. The van der Waals surface area contributed by atoms with Crippen molar-refractivity contribution in [3.63, 3.8) is 0 Å². The van der Waals surface area contributed by atoms with E-state index in [1.807, 2.05) is 18.2 Å². The fraction of sp³-hybridized carbons (Fsp3) is 0.533. The van der Waals surface area contributed by atoms with Gasteiger partial charge in [0.2, 0.25) is 0 Å². The number of benzene rings is 1. The van der Waals surface area contributed by atoms with E-state index in [1.54, 1.807) is 0 Å². The van der Waals surface area contributed by atoms with Crippen LogP contribution in [0.3, 0.4) is 0 Å². The Morgan fingerprint density at radius 1 is 1.24 bits per heavy atom. The van der Waals surface area contributed by atoms with E-state index >= 15 is 0 Å². The number of hydrogen-bond donors (Lipinski definition) is 0. The Kier molecular flexibility index (Phi) is 6.35. The third-order valence-corrected chi connectivity index (χ3v) is 3.01. The maximum absolute atomic E-state index is 8.61. The lowest BCUT2D eigenvalue weighted by Gasteiger charge is -2.19. The monoisotopic (exact) mass is 231 g/mol. The van der Waals surface area contributed by atoms with E-state index in [2.05, 4.69) is 32.0 Å². The van der Waals surface area contributed by atoms with Gasteiger partial charge in [0.25, 0.3) is 0 Å². The lowest BCUT2D eigenvalue weighted by atomic mass is 9.92. The highest BCUT2D eigenvalue weighted by Gasteiger charge is 2.13.